The van der Waals surface area contributed by atoms with Gasteiger partial charge in [-0.15, -0.1) is 0 Å². The standard InChI is InChI=1S/C13H16Br2/c14-9-12(11-4-2-5-11)7-10-3-1-6-13(15)8-10/h1,3,6,8,11-12H,2,4-5,7,9H2. The molecule has 0 radical (unpaired) electrons. The fourth-order valence-corrected chi connectivity index (χ4v) is 3.43. The first-order valence-corrected chi connectivity index (χ1v) is 7.51. The minimum atomic E-state index is 0.827. The summed E-state index contributed by atoms with van der Waals surface area (Å²) < 4.78 is 1.20. The Bertz CT molecular complexity index is 318. The van der Waals surface area contributed by atoms with Gasteiger partial charge >= 0.3 is 0 Å². The lowest BCUT2D eigenvalue weighted by Crippen LogP contribution is -2.24. The molecule has 0 amide bonds. The summed E-state index contributed by atoms with van der Waals surface area (Å²) in [5.41, 5.74) is 1.46. The van der Waals surface area contributed by atoms with Gasteiger partial charge < -0.3 is 0 Å². The third kappa shape index (κ3) is 3.07. The monoisotopic (exact) mass is 330 g/mol. The van der Waals surface area contributed by atoms with Crippen molar-refractivity contribution in [3.63, 3.8) is 0 Å². The van der Waals surface area contributed by atoms with E-state index >= 15 is 0 Å². The van der Waals surface area contributed by atoms with Crippen molar-refractivity contribution in [2.24, 2.45) is 11.8 Å². The van der Waals surface area contributed by atoms with Crippen LogP contribution < -0.4 is 0 Å². The zero-order valence-corrected chi connectivity index (χ0v) is 11.9. The molecule has 82 valence electrons. The summed E-state index contributed by atoms with van der Waals surface area (Å²) in [6.45, 7) is 0. The Balaban J connectivity index is 1.99. The van der Waals surface area contributed by atoms with E-state index in [1.165, 1.54) is 35.7 Å². The van der Waals surface area contributed by atoms with Gasteiger partial charge in [-0.2, -0.15) is 0 Å². The van der Waals surface area contributed by atoms with Gasteiger partial charge in [-0.05, 0) is 36.0 Å². The Hall–Kier alpha value is 0.180. The molecule has 2 rings (SSSR count). The molecule has 0 heterocycles. The van der Waals surface area contributed by atoms with Gasteiger partial charge in [0.1, 0.15) is 0 Å². The highest BCUT2D eigenvalue weighted by Crippen LogP contribution is 2.36. The normalized spacial score (nSPS) is 18.5. The summed E-state index contributed by atoms with van der Waals surface area (Å²) in [6, 6.07) is 8.70. The maximum absolute atomic E-state index is 3.66. The molecule has 1 aliphatic carbocycles. The van der Waals surface area contributed by atoms with Crippen molar-refractivity contribution in [2.75, 3.05) is 5.33 Å². The molecule has 0 aromatic heterocycles. The molecule has 1 fully saturated rings. The van der Waals surface area contributed by atoms with Crippen molar-refractivity contribution in [3.05, 3.63) is 34.3 Å². The van der Waals surface area contributed by atoms with Crippen LogP contribution >= 0.6 is 31.9 Å². The van der Waals surface area contributed by atoms with Crippen molar-refractivity contribution in [3.8, 4) is 0 Å². The summed E-state index contributed by atoms with van der Waals surface area (Å²) >= 11 is 7.19. The zero-order chi connectivity index (χ0) is 10.7. The van der Waals surface area contributed by atoms with Gasteiger partial charge in [0.05, 0.1) is 0 Å². The van der Waals surface area contributed by atoms with Crippen molar-refractivity contribution in [1.82, 2.24) is 0 Å². The lowest BCUT2D eigenvalue weighted by Gasteiger charge is -2.32. The lowest BCUT2D eigenvalue weighted by atomic mass is 9.74. The number of hydrogen-bond acceptors (Lipinski definition) is 0. The minimum Gasteiger partial charge on any atom is -0.0925 e. The second kappa shape index (κ2) is 5.49. The van der Waals surface area contributed by atoms with Crippen molar-refractivity contribution >= 4 is 31.9 Å². The maximum atomic E-state index is 3.66. The molecular weight excluding hydrogens is 316 g/mol. The van der Waals surface area contributed by atoms with E-state index in [2.05, 4.69) is 56.1 Å². The number of rotatable bonds is 4. The molecule has 1 aromatic carbocycles. The third-order valence-corrected chi connectivity index (χ3v) is 4.73. The Morgan fingerprint density at radius 1 is 1.33 bits per heavy atom. The van der Waals surface area contributed by atoms with Gasteiger partial charge in [0.2, 0.25) is 0 Å². The Labute approximate surface area is 109 Å². The van der Waals surface area contributed by atoms with Gasteiger partial charge in [-0.1, -0.05) is 63.3 Å². The molecule has 1 atom stereocenters. The Morgan fingerprint density at radius 3 is 2.67 bits per heavy atom. The number of benzene rings is 1. The van der Waals surface area contributed by atoms with Crippen LogP contribution in [0.1, 0.15) is 24.8 Å². The highest BCUT2D eigenvalue weighted by molar-refractivity contribution is 9.10. The lowest BCUT2D eigenvalue weighted by molar-refractivity contribution is 0.224. The van der Waals surface area contributed by atoms with E-state index in [1.54, 1.807) is 0 Å². The van der Waals surface area contributed by atoms with Gasteiger partial charge in [0, 0.05) is 9.80 Å². The van der Waals surface area contributed by atoms with Crippen LogP contribution in [-0.4, -0.2) is 5.33 Å². The summed E-state index contributed by atoms with van der Waals surface area (Å²) in [4.78, 5) is 0. The van der Waals surface area contributed by atoms with Crippen LogP contribution in [0, 0.1) is 11.8 Å². The topological polar surface area (TPSA) is 0 Å². The van der Waals surface area contributed by atoms with Crippen LogP contribution in [0.15, 0.2) is 28.7 Å². The second-order valence-electron chi connectivity index (χ2n) is 4.44. The number of hydrogen-bond donors (Lipinski definition) is 0. The largest absolute Gasteiger partial charge is 0.0925 e. The fourth-order valence-electron chi connectivity index (χ4n) is 2.23. The van der Waals surface area contributed by atoms with Crippen molar-refractivity contribution in [2.45, 2.75) is 25.7 Å². The molecule has 0 bridgehead atoms. The first kappa shape index (κ1) is 11.7. The van der Waals surface area contributed by atoms with E-state index < -0.39 is 0 Å². The van der Waals surface area contributed by atoms with Crippen LogP contribution in [0.5, 0.6) is 0 Å². The van der Waals surface area contributed by atoms with Gasteiger partial charge in [0.25, 0.3) is 0 Å². The quantitative estimate of drug-likeness (QED) is 0.695. The van der Waals surface area contributed by atoms with E-state index in [-0.39, 0.29) is 0 Å². The van der Waals surface area contributed by atoms with Crippen molar-refractivity contribution < 1.29 is 0 Å². The summed E-state index contributed by atoms with van der Waals surface area (Å²) in [7, 11) is 0. The molecule has 2 heteroatoms. The van der Waals surface area contributed by atoms with Crippen LogP contribution in [0.2, 0.25) is 0 Å². The first-order valence-electron chi connectivity index (χ1n) is 5.60. The number of halogens is 2. The molecule has 15 heavy (non-hydrogen) atoms. The fraction of sp³-hybridized carbons (Fsp3) is 0.538. The van der Waals surface area contributed by atoms with E-state index in [0.29, 0.717) is 0 Å². The average Bonchev–Trinajstić information content (AvgIpc) is 2.14. The molecule has 0 N–H and O–H groups in total. The SMILES string of the molecule is BrCC(Cc1cccc(Br)c1)C1CCC1. The molecule has 1 aromatic rings. The summed E-state index contributed by atoms with van der Waals surface area (Å²) in [5, 5.41) is 1.14. The average molecular weight is 332 g/mol. The molecular formula is C13H16Br2. The zero-order valence-electron chi connectivity index (χ0n) is 8.76. The number of alkyl halides is 1. The van der Waals surface area contributed by atoms with Gasteiger partial charge in [-0.25, -0.2) is 0 Å². The second-order valence-corrected chi connectivity index (χ2v) is 6.00. The van der Waals surface area contributed by atoms with E-state index in [0.717, 1.165) is 17.2 Å². The van der Waals surface area contributed by atoms with E-state index in [1.807, 2.05) is 0 Å². The van der Waals surface area contributed by atoms with Crippen LogP contribution in [0.4, 0.5) is 0 Å². The third-order valence-electron chi connectivity index (χ3n) is 3.40. The Kier molecular flexibility index (Phi) is 4.27. The predicted octanol–water partition coefficient (Wildman–Crippen LogP) is 4.80. The van der Waals surface area contributed by atoms with Crippen molar-refractivity contribution in [1.29, 1.82) is 0 Å². The molecule has 0 spiro atoms. The van der Waals surface area contributed by atoms with Gasteiger partial charge in [-0.3, -0.25) is 0 Å². The van der Waals surface area contributed by atoms with E-state index in [9.17, 15) is 0 Å². The first-order chi connectivity index (χ1) is 7.29. The molecule has 1 saturated carbocycles. The van der Waals surface area contributed by atoms with Crippen LogP contribution in [-0.2, 0) is 6.42 Å². The Morgan fingerprint density at radius 2 is 2.13 bits per heavy atom. The maximum Gasteiger partial charge on any atom is 0.0177 e. The molecule has 1 aliphatic rings. The predicted molar refractivity (Wildman–Crippen MR) is 72.5 cm³/mol. The highest BCUT2D eigenvalue weighted by Gasteiger charge is 2.26. The molecule has 0 saturated heterocycles. The summed E-state index contributed by atoms with van der Waals surface area (Å²) in [6.07, 6.45) is 5.52. The summed E-state index contributed by atoms with van der Waals surface area (Å²) in [5.74, 6) is 1.79. The molecule has 0 nitrogen and oxygen atoms in total. The minimum absolute atomic E-state index is 0.827. The molecule has 0 aliphatic heterocycles. The van der Waals surface area contributed by atoms with Crippen LogP contribution in [0.25, 0.3) is 0 Å². The smallest absolute Gasteiger partial charge is 0.0177 e. The van der Waals surface area contributed by atoms with E-state index in [4.69, 9.17) is 0 Å². The van der Waals surface area contributed by atoms with Crippen LogP contribution in [0.3, 0.4) is 0 Å². The van der Waals surface area contributed by atoms with Gasteiger partial charge in [0.15, 0.2) is 0 Å². The highest BCUT2D eigenvalue weighted by atomic mass is 79.9. The molecule has 1 unspecified atom stereocenters.